The highest BCUT2D eigenvalue weighted by Gasteiger charge is 2.06. The molecule has 0 radical (unpaired) electrons. The van der Waals surface area contributed by atoms with Crippen molar-refractivity contribution in [3.05, 3.63) is 65.4 Å². The molecule has 1 heterocycles. The van der Waals surface area contributed by atoms with Crippen LogP contribution in [0.1, 0.15) is 16.7 Å². The van der Waals surface area contributed by atoms with Gasteiger partial charge in [0.15, 0.2) is 11.5 Å². The summed E-state index contributed by atoms with van der Waals surface area (Å²) in [5.41, 5.74) is 4.60. The van der Waals surface area contributed by atoms with Gasteiger partial charge in [-0.2, -0.15) is 4.98 Å². The normalized spacial score (nSPS) is 10.4. The van der Waals surface area contributed by atoms with Crippen molar-refractivity contribution >= 4 is 17.5 Å². The summed E-state index contributed by atoms with van der Waals surface area (Å²) in [6.07, 6.45) is 2.59. The van der Waals surface area contributed by atoms with E-state index < -0.39 is 0 Å². The number of benzene rings is 2. The fraction of sp³-hybridized carbons (Fsp3) is 0.273. The first-order valence-electron chi connectivity index (χ1n) is 9.21. The highest BCUT2D eigenvalue weighted by molar-refractivity contribution is 5.60. The second-order valence-corrected chi connectivity index (χ2v) is 6.50. The van der Waals surface area contributed by atoms with E-state index in [4.69, 9.17) is 9.47 Å². The standard InChI is InChI=1S/C22H26N4O2/c1-15-6-5-7-18(16(15)2)25-22-24-13-11-21(26-22)23-12-10-17-8-9-19(27-3)20(14-17)28-4/h5-9,11,13-14H,10,12H2,1-4H3,(H2,23,24,25,26). The number of hydrogen-bond acceptors (Lipinski definition) is 6. The number of anilines is 3. The first-order chi connectivity index (χ1) is 13.6. The molecule has 0 bridgehead atoms. The summed E-state index contributed by atoms with van der Waals surface area (Å²) >= 11 is 0. The first kappa shape index (κ1) is 19.5. The lowest BCUT2D eigenvalue weighted by Gasteiger charge is -2.12. The third-order valence-electron chi connectivity index (χ3n) is 4.67. The van der Waals surface area contributed by atoms with Gasteiger partial charge in [0, 0.05) is 18.4 Å². The van der Waals surface area contributed by atoms with Crippen molar-refractivity contribution in [2.45, 2.75) is 20.3 Å². The molecule has 0 aliphatic heterocycles. The van der Waals surface area contributed by atoms with Crippen LogP contribution in [0.2, 0.25) is 0 Å². The van der Waals surface area contributed by atoms with Crippen LogP contribution in [-0.2, 0) is 6.42 Å². The molecule has 2 aromatic carbocycles. The number of nitrogens with one attached hydrogen (secondary N) is 2. The van der Waals surface area contributed by atoms with E-state index in [0.29, 0.717) is 5.95 Å². The lowest BCUT2D eigenvalue weighted by molar-refractivity contribution is 0.354. The molecule has 2 N–H and O–H groups in total. The second kappa shape index (κ2) is 9.08. The number of methoxy groups -OCH3 is 2. The van der Waals surface area contributed by atoms with Crippen molar-refractivity contribution in [3.63, 3.8) is 0 Å². The minimum Gasteiger partial charge on any atom is -0.493 e. The number of hydrogen-bond donors (Lipinski definition) is 2. The molecule has 0 aliphatic carbocycles. The summed E-state index contributed by atoms with van der Waals surface area (Å²) in [4.78, 5) is 8.87. The van der Waals surface area contributed by atoms with Crippen LogP contribution in [0.5, 0.6) is 11.5 Å². The van der Waals surface area contributed by atoms with Crippen LogP contribution >= 0.6 is 0 Å². The van der Waals surface area contributed by atoms with Gasteiger partial charge in [-0.05, 0) is 61.2 Å². The predicted molar refractivity (Wildman–Crippen MR) is 113 cm³/mol. The van der Waals surface area contributed by atoms with E-state index in [1.807, 2.05) is 36.4 Å². The van der Waals surface area contributed by atoms with Crippen LogP contribution in [0.4, 0.5) is 17.5 Å². The molecule has 3 rings (SSSR count). The molecule has 3 aromatic rings. The molecule has 0 atom stereocenters. The van der Waals surface area contributed by atoms with Gasteiger partial charge < -0.3 is 20.1 Å². The molecule has 6 heteroatoms. The van der Waals surface area contributed by atoms with Gasteiger partial charge in [0.1, 0.15) is 5.82 Å². The van der Waals surface area contributed by atoms with Gasteiger partial charge in [-0.15, -0.1) is 0 Å². The zero-order valence-corrected chi connectivity index (χ0v) is 16.7. The smallest absolute Gasteiger partial charge is 0.229 e. The zero-order valence-electron chi connectivity index (χ0n) is 16.7. The summed E-state index contributed by atoms with van der Waals surface area (Å²) in [6, 6.07) is 14.0. The molecular weight excluding hydrogens is 352 g/mol. The van der Waals surface area contributed by atoms with Gasteiger partial charge in [0.2, 0.25) is 5.95 Å². The highest BCUT2D eigenvalue weighted by atomic mass is 16.5. The number of rotatable bonds is 8. The van der Waals surface area contributed by atoms with Crippen molar-refractivity contribution in [3.8, 4) is 11.5 Å². The maximum absolute atomic E-state index is 5.36. The Balaban J connectivity index is 1.61. The summed E-state index contributed by atoms with van der Waals surface area (Å²) in [6.45, 7) is 4.92. The molecular formula is C22H26N4O2. The van der Waals surface area contributed by atoms with E-state index in [2.05, 4.69) is 40.5 Å². The Morgan fingerprint density at radius 1 is 0.964 bits per heavy atom. The minimum absolute atomic E-state index is 0.574. The monoisotopic (exact) mass is 378 g/mol. The minimum atomic E-state index is 0.574. The lowest BCUT2D eigenvalue weighted by atomic mass is 10.1. The predicted octanol–water partition coefficient (Wildman–Crippen LogP) is 4.51. The topological polar surface area (TPSA) is 68.3 Å². The van der Waals surface area contributed by atoms with E-state index in [-0.39, 0.29) is 0 Å². The number of aryl methyl sites for hydroxylation is 1. The van der Waals surface area contributed by atoms with Crippen molar-refractivity contribution in [2.75, 3.05) is 31.4 Å². The molecule has 1 aromatic heterocycles. The van der Waals surface area contributed by atoms with Crippen molar-refractivity contribution < 1.29 is 9.47 Å². The van der Waals surface area contributed by atoms with Crippen molar-refractivity contribution in [2.24, 2.45) is 0 Å². The third-order valence-corrected chi connectivity index (χ3v) is 4.67. The SMILES string of the molecule is COc1ccc(CCNc2ccnc(Nc3cccc(C)c3C)n2)cc1OC. The Morgan fingerprint density at radius 3 is 2.57 bits per heavy atom. The Kier molecular flexibility index (Phi) is 6.32. The molecule has 0 saturated carbocycles. The molecule has 0 fully saturated rings. The molecule has 0 saturated heterocycles. The molecule has 0 unspecified atom stereocenters. The van der Waals surface area contributed by atoms with E-state index in [0.717, 1.165) is 41.5 Å². The van der Waals surface area contributed by atoms with E-state index in [1.165, 1.54) is 11.1 Å². The van der Waals surface area contributed by atoms with Crippen LogP contribution in [-0.4, -0.2) is 30.7 Å². The third kappa shape index (κ3) is 4.71. The zero-order chi connectivity index (χ0) is 19.9. The van der Waals surface area contributed by atoms with E-state index in [9.17, 15) is 0 Å². The van der Waals surface area contributed by atoms with Gasteiger partial charge in [-0.25, -0.2) is 4.98 Å². The maximum atomic E-state index is 5.36. The Morgan fingerprint density at radius 2 is 1.79 bits per heavy atom. The second-order valence-electron chi connectivity index (χ2n) is 6.50. The van der Waals surface area contributed by atoms with E-state index in [1.54, 1.807) is 20.4 Å². The number of aromatic nitrogens is 2. The quantitative estimate of drug-likeness (QED) is 0.601. The number of nitrogens with zero attached hydrogens (tertiary/aromatic N) is 2. The first-order valence-corrected chi connectivity index (χ1v) is 9.21. The highest BCUT2D eigenvalue weighted by Crippen LogP contribution is 2.27. The summed E-state index contributed by atoms with van der Waals surface area (Å²) in [5.74, 6) is 2.83. The van der Waals surface area contributed by atoms with Gasteiger partial charge >= 0.3 is 0 Å². The fourth-order valence-electron chi connectivity index (χ4n) is 2.90. The van der Waals surface area contributed by atoms with Crippen LogP contribution in [0.25, 0.3) is 0 Å². The van der Waals surface area contributed by atoms with Gasteiger partial charge in [-0.3, -0.25) is 0 Å². The summed E-state index contributed by atoms with van der Waals surface area (Å²) in [5, 5.41) is 6.64. The summed E-state index contributed by atoms with van der Waals surface area (Å²) < 4.78 is 10.6. The van der Waals surface area contributed by atoms with Crippen molar-refractivity contribution in [1.29, 1.82) is 0 Å². The van der Waals surface area contributed by atoms with Crippen LogP contribution < -0.4 is 20.1 Å². The van der Waals surface area contributed by atoms with Gasteiger partial charge in [0.25, 0.3) is 0 Å². The molecule has 0 amide bonds. The van der Waals surface area contributed by atoms with Crippen LogP contribution in [0.15, 0.2) is 48.7 Å². The maximum Gasteiger partial charge on any atom is 0.229 e. The van der Waals surface area contributed by atoms with Gasteiger partial charge in [-0.1, -0.05) is 18.2 Å². The molecule has 0 aliphatic rings. The molecule has 28 heavy (non-hydrogen) atoms. The Hall–Kier alpha value is -3.28. The largest absolute Gasteiger partial charge is 0.493 e. The fourth-order valence-corrected chi connectivity index (χ4v) is 2.90. The molecule has 146 valence electrons. The molecule has 0 spiro atoms. The number of ether oxygens (including phenoxy) is 2. The van der Waals surface area contributed by atoms with Crippen LogP contribution in [0, 0.1) is 13.8 Å². The van der Waals surface area contributed by atoms with Gasteiger partial charge in [0.05, 0.1) is 14.2 Å². The average molecular weight is 378 g/mol. The van der Waals surface area contributed by atoms with Crippen molar-refractivity contribution in [1.82, 2.24) is 9.97 Å². The average Bonchev–Trinajstić information content (AvgIpc) is 2.71. The lowest BCUT2D eigenvalue weighted by Crippen LogP contribution is -2.08. The summed E-state index contributed by atoms with van der Waals surface area (Å²) in [7, 11) is 3.28. The Labute approximate surface area is 166 Å². The molecule has 6 nitrogen and oxygen atoms in total. The van der Waals surface area contributed by atoms with E-state index >= 15 is 0 Å². The Bertz CT molecular complexity index is 944. The van der Waals surface area contributed by atoms with Crippen LogP contribution in [0.3, 0.4) is 0 Å².